The summed E-state index contributed by atoms with van der Waals surface area (Å²) in [7, 11) is 0. The average Bonchev–Trinajstić information content (AvgIpc) is 2.19. The highest BCUT2D eigenvalue weighted by molar-refractivity contribution is 4.98. The Morgan fingerprint density at radius 3 is 2.36 bits per heavy atom. The van der Waals surface area contributed by atoms with Crippen LogP contribution in [-0.4, -0.2) is 11.2 Å². The summed E-state index contributed by atoms with van der Waals surface area (Å²) in [4.78, 5) is 0. The van der Waals surface area contributed by atoms with Gasteiger partial charge in [0.05, 0.1) is 6.10 Å². The van der Waals surface area contributed by atoms with Crippen molar-refractivity contribution in [3.05, 3.63) is 0 Å². The minimum Gasteiger partial charge on any atom is -0.393 e. The van der Waals surface area contributed by atoms with Gasteiger partial charge in [0.15, 0.2) is 0 Å². The fraction of sp³-hybridized carbons (Fsp3) is 1.00. The lowest BCUT2D eigenvalue weighted by Crippen LogP contribution is -2.33. The summed E-state index contributed by atoms with van der Waals surface area (Å²) in [6, 6.07) is 0. The maximum Gasteiger partial charge on any atom is 0.0573 e. The van der Waals surface area contributed by atoms with Crippen LogP contribution in [0.3, 0.4) is 0 Å². The van der Waals surface area contributed by atoms with Crippen LogP contribution >= 0.6 is 0 Å². The predicted octanol–water partition coefficient (Wildman–Crippen LogP) is 1.80. The third kappa shape index (κ3) is 0.807. The number of hydrogen-bond acceptors (Lipinski definition) is 1. The van der Waals surface area contributed by atoms with Gasteiger partial charge in [-0.1, -0.05) is 0 Å². The molecule has 3 bridgehead atoms. The number of rotatable bonds is 0. The van der Waals surface area contributed by atoms with Crippen molar-refractivity contribution in [3.63, 3.8) is 0 Å². The van der Waals surface area contributed by atoms with E-state index in [2.05, 4.69) is 0 Å². The van der Waals surface area contributed by atoms with Gasteiger partial charge >= 0.3 is 0 Å². The summed E-state index contributed by atoms with van der Waals surface area (Å²) < 4.78 is 0. The van der Waals surface area contributed by atoms with E-state index in [0.717, 1.165) is 24.2 Å². The number of aliphatic hydroxyl groups excluding tert-OH is 1. The summed E-state index contributed by atoms with van der Waals surface area (Å²) in [6.45, 7) is 0. The molecular weight excluding hydrogens is 136 g/mol. The molecule has 0 aromatic carbocycles. The van der Waals surface area contributed by atoms with Crippen molar-refractivity contribution >= 4 is 0 Å². The van der Waals surface area contributed by atoms with E-state index in [-0.39, 0.29) is 6.10 Å². The van der Waals surface area contributed by atoms with E-state index in [1.807, 2.05) is 0 Å². The molecule has 0 heterocycles. The molecule has 62 valence electrons. The van der Waals surface area contributed by atoms with Crippen LogP contribution in [0.25, 0.3) is 0 Å². The van der Waals surface area contributed by atoms with Crippen molar-refractivity contribution < 1.29 is 5.11 Å². The first-order valence-electron chi connectivity index (χ1n) is 5.01. The predicted molar refractivity (Wildman–Crippen MR) is 43.1 cm³/mol. The second-order valence-electron chi connectivity index (χ2n) is 4.90. The van der Waals surface area contributed by atoms with Gasteiger partial charge in [0.1, 0.15) is 0 Å². The van der Waals surface area contributed by atoms with Crippen molar-refractivity contribution in [2.45, 2.75) is 38.2 Å². The average molecular weight is 152 g/mol. The van der Waals surface area contributed by atoms with Gasteiger partial charge in [0.25, 0.3) is 0 Å². The Morgan fingerprint density at radius 2 is 1.55 bits per heavy atom. The van der Waals surface area contributed by atoms with Crippen LogP contribution in [0, 0.1) is 23.7 Å². The van der Waals surface area contributed by atoms with Crippen molar-refractivity contribution in [1.82, 2.24) is 0 Å². The van der Waals surface area contributed by atoms with Gasteiger partial charge in [-0.15, -0.1) is 0 Å². The summed E-state index contributed by atoms with van der Waals surface area (Å²) >= 11 is 0. The molecule has 3 saturated carbocycles. The Balaban J connectivity index is 1.94. The molecule has 0 amide bonds. The SMILES string of the molecule is O[C@H]1C[C@@H]2C[C@H]3C[C@@H](C2)[C@@H]1C3. The molecule has 0 aliphatic heterocycles. The third-order valence-corrected chi connectivity index (χ3v) is 4.22. The van der Waals surface area contributed by atoms with Crippen LogP contribution in [0.2, 0.25) is 0 Å². The summed E-state index contributed by atoms with van der Waals surface area (Å²) in [5.41, 5.74) is 0. The van der Waals surface area contributed by atoms with Crippen molar-refractivity contribution in [2.24, 2.45) is 23.7 Å². The lowest BCUT2D eigenvalue weighted by atomic mass is 9.71. The zero-order valence-electron chi connectivity index (χ0n) is 6.87. The van der Waals surface area contributed by atoms with E-state index in [4.69, 9.17) is 0 Å². The van der Waals surface area contributed by atoms with E-state index in [1.165, 1.54) is 25.7 Å². The van der Waals surface area contributed by atoms with Gasteiger partial charge in [-0.2, -0.15) is 0 Å². The van der Waals surface area contributed by atoms with Crippen LogP contribution in [0.1, 0.15) is 32.1 Å². The lowest BCUT2D eigenvalue weighted by molar-refractivity contribution is 0.0205. The van der Waals surface area contributed by atoms with Crippen LogP contribution in [0.4, 0.5) is 0 Å². The number of fused-ring (bicyclic) bond motifs is 2. The van der Waals surface area contributed by atoms with Gasteiger partial charge in [0, 0.05) is 0 Å². The van der Waals surface area contributed by atoms with E-state index < -0.39 is 0 Å². The maximum absolute atomic E-state index is 9.78. The largest absolute Gasteiger partial charge is 0.393 e. The van der Waals surface area contributed by atoms with Crippen LogP contribution in [0.15, 0.2) is 0 Å². The third-order valence-electron chi connectivity index (χ3n) is 4.22. The molecule has 0 unspecified atom stereocenters. The highest BCUT2D eigenvalue weighted by Gasteiger charge is 2.48. The minimum absolute atomic E-state index is 0.0752. The molecule has 1 heteroatoms. The highest BCUT2D eigenvalue weighted by atomic mass is 16.3. The zero-order valence-corrected chi connectivity index (χ0v) is 6.87. The molecule has 3 fully saturated rings. The molecule has 5 atom stereocenters. The van der Waals surface area contributed by atoms with Crippen molar-refractivity contribution in [2.75, 3.05) is 0 Å². The topological polar surface area (TPSA) is 20.2 Å². The van der Waals surface area contributed by atoms with Crippen molar-refractivity contribution in [3.8, 4) is 0 Å². The summed E-state index contributed by atoms with van der Waals surface area (Å²) in [5.74, 6) is 3.52. The Bertz CT molecular complexity index is 173. The first-order valence-corrected chi connectivity index (χ1v) is 5.01. The number of aliphatic hydroxyl groups is 1. The van der Waals surface area contributed by atoms with E-state index in [1.54, 1.807) is 0 Å². The Labute approximate surface area is 67.8 Å². The standard InChI is InChI=1S/C10H16O/c11-10-5-7-1-6-2-8(3-7)9(10)4-6/h6-11H,1-5H2/t6-,7+,8-,9-,10-/m0/s1. The van der Waals surface area contributed by atoms with Gasteiger partial charge in [-0.05, 0) is 55.8 Å². The molecular formula is C10H16O. The molecule has 0 saturated heterocycles. The lowest BCUT2D eigenvalue weighted by Gasteiger charge is -2.36. The molecule has 0 aromatic heterocycles. The van der Waals surface area contributed by atoms with E-state index in [9.17, 15) is 5.11 Å². The second-order valence-corrected chi connectivity index (χ2v) is 4.90. The zero-order chi connectivity index (χ0) is 7.42. The Hall–Kier alpha value is -0.0400. The molecule has 1 nitrogen and oxygen atoms in total. The fourth-order valence-electron chi connectivity index (χ4n) is 3.92. The normalized spacial score (nSPS) is 60.3. The first kappa shape index (κ1) is 6.47. The molecule has 0 spiro atoms. The van der Waals surface area contributed by atoms with Crippen LogP contribution in [0.5, 0.6) is 0 Å². The molecule has 3 aliphatic carbocycles. The minimum atomic E-state index is 0.0752. The highest BCUT2D eigenvalue weighted by Crippen LogP contribution is 2.54. The van der Waals surface area contributed by atoms with Gasteiger partial charge in [0.2, 0.25) is 0 Å². The maximum atomic E-state index is 9.78. The second kappa shape index (κ2) is 2.01. The first-order chi connectivity index (χ1) is 5.33. The molecule has 3 rings (SSSR count). The molecule has 0 aromatic rings. The molecule has 3 aliphatic rings. The smallest absolute Gasteiger partial charge is 0.0573 e. The number of hydrogen-bond donors (Lipinski definition) is 1. The van der Waals surface area contributed by atoms with Gasteiger partial charge < -0.3 is 5.11 Å². The van der Waals surface area contributed by atoms with Gasteiger partial charge in [-0.3, -0.25) is 0 Å². The Kier molecular flexibility index (Phi) is 1.18. The van der Waals surface area contributed by atoms with E-state index >= 15 is 0 Å². The molecule has 11 heavy (non-hydrogen) atoms. The van der Waals surface area contributed by atoms with Gasteiger partial charge in [-0.25, -0.2) is 0 Å². The monoisotopic (exact) mass is 152 g/mol. The van der Waals surface area contributed by atoms with Crippen molar-refractivity contribution in [1.29, 1.82) is 0 Å². The molecule has 0 radical (unpaired) electrons. The van der Waals surface area contributed by atoms with Crippen LogP contribution in [-0.2, 0) is 0 Å². The molecule has 1 N–H and O–H groups in total. The van der Waals surface area contributed by atoms with E-state index in [0.29, 0.717) is 5.92 Å². The fourth-order valence-corrected chi connectivity index (χ4v) is 3.92. The summed E-state index contributed by atoms with van der Waals surface area (Å²) in [5, 5.41) is 9.78. The summed E-state index contributed by atoms with van der Waals surface area (Å²) in [6.07, 6.45) is 6.87. The quantitative estimate of drug-likeness (QED) is 0.561. The Morgan fingerprint density at radius 1 is 0.818 bits per heavy atom. The van der Waals surface area contributed by atoms with Crippen LogP contribution < -0.4 is 0 Å².